The summed E-state index contributed by atoms with van der Waals surface area (Å²) in [5.74, 6) is -0.496. The van der Waals surface area contributed by atoms with Crippen molar-refractivity contribution in [3.05, 3.63) is 33.8 Å². The highest BCUT2D eigenvalue weighted by Gasteiger charge is 2.25. The Balaban J connectivity index is 2.03. The number of halogens is 2. The number of hydrogen-bond acceptors (Lipinski definition) is 3. The lowest BCUT2D eigenvalue weighted by molar-refractivity contribution is -0.135. The number of aliphatic hydroxyl groups is 1. The quantitative estimate of drug-likeness (QED) is 0.894. The van der Waals surface area contributed by atoms with Gasteiger partial charge in [0.05, 0.1) is 10.6 Å². The fourth-order valence-corrected chi connectivity index (χ4v) is 2.58. The van der Waals surface area contributed by atoms with Crippen LogP contribution in [0.5, 0.6) is 0 Å². The highest BCUT2D eigenvalue weighted by atomic mass is 35.5. The zero-order valence-corrected chi connectivity index (χ0v) is 12.2. The molecule has 0 unspecified atom stereocenters. The molecular formula is C13H14Cl2N2O3. The zero-order valence-electron chi connectivity index (χ0n) is 10.7. The molecule has 0 aliphatic carbocycles. The fraction of sp³-hybridized carbons (Fsp3) is 0.385. The van der Waals surface area contributed by atoms with E-state index >= 15 is 0 Å². The van der Waals surface area contributed by atoms with E-state index in [2.05, 4.69) is 0 Å². The molecule has 0 aromatic heterocycles. The lowest BCUT2D eigenvalue weighted by Crippen LogP contribution is -2.51. The summed E-state index contributed by atoms with van der Waals surface area (Å²) in [5.41, 5.74) is 0.401. The van der Waals surface area contributed by atoms with Gasteiger partial charge in [0.2, 0.25) is 5.91 Å². The first kappa shape index (κ1) is 15.1. The first-order chi connectivity index (χ1) is 9.52. The van der Waals surface area contributed by atoms with Gasteiger partial charge in [0.1, 0.15) is 6.61 Å². The van der Waals surface area contributed by atoms with E-state index < -0.39 is 6.61 Å². The van der Waals surface area contributed by atoms with Gasteiger partial charge in [-0.1, -0.05) is 23.2 Å². The molecule has 2 rings (SSSR count). The molecule has 0 spiro atoms. The van der Waals surface area contributed by atoms with Gasteiger partial charge >= 0.3 is 0 Å². The van der Waals surface area contributed by atoms with Crippen molar-refractivity contribution in [1.82, 2.24) is 9.80 Å². The number of nitrogens with zero attached hydrogens (tertiary/aromatic N) is 2. The van der Waals surface area contributed by atoms with E-state index in [4.69, 9.17) is 28.3 Å². The average molecular weight is 317 g/mol. The Morgan fingerprint density at radius 2 is 1.70 bits per heavy atom. The van der Waals surface area contributed by atoms with Crippen LogP contribution in [-0.4, -0.2) is 59.5 Å². The van der Waals surface area contributed by atoms with Crippen LogP contribution in [0.2, 0.25) is 10.0 Å². The Bertz CT molecular complexity index is 528. The Labute approximate surface area is 126 Å². The molecule has 1 heterocycles. The summed E-state index contributed by atoms with van der Waals surface area (Å²) >= 11 is 11.8. The minimum Gasteiger partial charge on any atom is -0.387 e. The largest absolute Gasteiger partial charge is 0.387 e. The number of carbonyl (C=O) groups excluding carboxylic acids is 2. The normalized spacial score (nSPS) is 15.3. The summed E-state index contributed by atoms with van der Waals surface area (Å²) in [6.07, 6.45) is 0. The molecule has 1 aromatic carbocycles. The summed E-state index contributed by atoms with van der Waals surface area (Å²) in [4.78, 5) is 26.8. The first-order valence-corrected chi connectivity index (χ1v) is 6.91. The first-order valence-electron chi connectivity index (χ1n) is 6.16. The second-order valence-electron chi connectivity index (χ2n) is 4.46. The second-order valence-corrected chi connectivity index (χ2v) is 5.30. The van der Waals surface area contributed by atoms with Gasteiger partial charge in [-0.25, -0.2) is 0 Å². The summed E-state index contributed by atoms with van der Waals surface area (Å²) in [6.45, 7) is 1.16. The predicted octanol–water partition coefficient (Wildman–Crippen LogP) is 1.27. The maximum atomic E-state index is 12.3. The van der Waals surface area contributed by atoms with E-state index in [-0.39, 0.29) is 11.8 Å². The summed E-state index contributed by atoms with van der Waals surface area (Å²) in [7, 11) is 0. The number of piperazine rings is 1. The van der Waals surface area contributed by atoms with Crippen molar-refractivity contribution in [3.63, 3.8) is 0 Å². The van der Waals surface area contributed by atoms with Gasteiger partial charge < -0.3 is 14.9 Å². The molecule has 2 amide bonds. The molecule has 7 heteroatoms. The van der Waals surface area contributed by atoms with E-state index in [9.17, 15) is 9.59 Å². The van der Waals surface area contributed by atoms with Crippen LogP contribution in [0, 0.1) is 0 Å². The number of rotatable bonds is 2. The maximum absolute atomic E-state index is 12.3. The van der Waals surface area contributed by atoms with E-state index in [1.807, 2.05) is 0 Å². The molecule has 1 aromatic rings. The fourth-order valence-electron chi connectivity index (χ4n) is 2.09. The second kappa shape index (κ2) is 6.43. The van der Waals surface area contributed by atoms with Crippen LogP contribution in [-0.2, 0) is 4.79 Å². The van der Waals surface area contributed by atoms with Crippen LogP contribution < -0.4 is 0 Å². The summed E-state index contributed by atoms with van der Waals surface area (Å²) in [5, 5.41) is 9.59. The van der Waals surface area contributed by atoms with Gasteiger partial charge in [0, 0.05) is 31.2 Å². The predicted molar refractivity (Wildman–Crippen MR) is 76.0 cm³/mol. The van der Waals surface area contributed by atoms with Crippen LogP contribution in [0.25, 0.3) is 0 Å². The molecule has 1 fully saturated rings. The van der Waals surface area contributed by atoms with E-state index in [0.717, 1.165) is 0 Å². The van der Waals surface area contributed by atoms with E-state index in [0.29, 0.717) is 41.8 Å². The smallest absolute Gasteiger partial charge is 0.255 e. The molecule has 5 nitrogen and oxygen atoms in total. The third kappa shape index (κ3) is 3.23. The minimum atomic E-state index is -0.503. The van der Waals surface area contributed by atoms with Crippen LogP contribution in [0.4, 0.5) is 0 Å². The highest BCUT2D eigenvalue weighted by Crippen LogP contribution is 2.22. The third-order valence-electron chi connectivity index (χ3n) is 3.22. The molecule has 0 radical (unpaired) electrons. The maximum Gasteiger partial charge on any atom is 0.255 e. The van der Waals surface area contributed by atoms with Crippen molar-refractivity contribution in [2.45, 2.75) is 0 Å². The van der Waals surface area contributed by atoms with Crippen LogP contribution in [0.1, 0.15) is 10.4 Å². The Morgan fingerprint density at radius 3 is 2.25 bits per heavy atom. The number of aliphatic hydroxyl groups excluding tert-OH is 1. The molecule has 1 aliphatic heterocycles. The van der Waals surface area contributed by atoms with Crippen LogP contribution >= 0.6 is 23.2 Å². The van der Waals surface area contributed by atoms with Crippen molar-refractivity contribution in [2.75, 3.05) is 32.8 Å². The molecule has 0 saturated carbocycles. The lowest BCUT2D eigenvalue weighted by Gasteiger charge is -2.34. The number of carbonyl (C=O) groups is 2. The summed E-state index contributed by atoms with van der Waals surface area (Å²) in [6, 6.07) is 4.74. The molecule has 1 aliphatic rings. The van der Waals surface area contributed by atoms with Crippen LogP contribution in [0.15, 0.2) is 18.2 Å². The standard InChI is InChI=1S/C13H14Cl2N2O3/c14-9-1-2-10(11(15)7-9)13(20)17-5-3-16(4-6-17)12(19)8-18/h1-2,7,18H,3-6,8H2. The molecule has 108 valence electrons. The number of benzene rings is 1. The highest BCUT2D eigenvalue weighted by molar-refractivity contribution is 6.36. The minimum absolute atomic E-state index is 0.178. The van der Waals surface area contributed by atoms with Crippen molar-refractivity contribution >= 4 is 35.0 Å². The van der Waals surface area contributed by atoms with Gasteiger partial charge in [-0.05, 0) is 18.2 Å². The number of hydrogen-bond donors (Lipinski definition) is 1. The monoisotopic (exact) mass is 316 g/mol. The summed E-state index contributed by atoms with van der Waals surface area (Å²) < 4.78 is 0. The molecule has 1 N–H and O–H groups in total. The molecule has 0 bridgehead atoms. The van der Waals surface area contributed by atoms with Gasteiger partial charge in [0.15, 0.2) is 0 Å². The Morgan fingerprint density at radius 1 is 1.10 bits per heavy atom. The molecular weight excluding hydrogens is 303 g/mol. The average Bonchev–Trinajstić information content (AvgIpc) is 2.46. The van der Waals surface area contributed by atoms with Gasteiger partial charge in [-0.2, -0.15) is 0 Å². The molecule has 20 heavy (non-hydrogen) atoms. The molecule has 1 saturated heterocycles. The zero-order chi connectivity index (χ0) is 14.7. The van der Waals surface area contributed by atoms with Crippen molar-refractivity contribution < 1.29 is 14.7 Å². The van der Waals surface area contributed by atoms with Crippen molar-refractivity contribution in [1.29, 1.82) is 0 Å². The van der Waals surface area contributed by atoms with Gasteiger partial charge in [-0.3, -0.25) is 9.59 Å². The van der Waals surface area contributed by atoms with Crippen LogP contribution in [0.3, 0.4) is 0 Å². The third-order valence-corrected chi connectivity index (χ3v) is 3.76. The Kier molecular flexibility index (Phi) is 4.86. The SMILES string of the molecule is O=C(CO)N1CCN(C(=O)c2ccc(Cl)cc2Cl)CC1. The topological polar surface area (TPSA) is 60.9 Å². The van der Waals surface area contributed by atoms with Crippen molar-refractivity contribution in [2.24, 2.45) is 0 Å². The van der Waals surface area contributed by atoms with E-state index in [1.165, 1.54) is 11.0 Å². The molecule has 0 atom stereocenters. The van der Waals surface area contributed by atoms with Crippen molar-refractivity contribution in [3.8, 4) is 0 Å². The lowest BCUT2D eigenvalue weighted by atomic mass is 10.2. The van der Waals surface area contributed by atoms with Gasteiger partial charge in [0.25, 0.3) is 5.91 Å². The Hall–Kier alpha value is -1.30. The number of amides is 2. The van der Waals surface area contributed by atoms with Gasteiger partial charge in [-0.15, -0.1) is 0 Å². The van der Waals surface area contributed by atoms with E-state index in [1.54, 1.807) is 17.0 Å².